The van der Waals surface area contributed by atoms with Crippen LogP contribution in [0.15, 0.2) is 0 Å². The molecular weight excluding hydrogens is 578 g/mol. The van der Waals surface area contributed by atoms with Gasteiger partial charge in [0, 0.05) is 95.1 Å². The van der Waals surface area contributed by atoms with E-state index in [1.54, 1.807) is 42.5 Å². The fourth-order valence-corrected chi connectivity index (χ4v) is 2.83. The molecule has 0 aliphatic rings. The van der Waals surface area contributed by atoms with Gasteiger partial charge in [0.2, 0.25) is 17.7 Å². The van der Waals surface area contributed by atoms with E-state index in [2.05, 4.69) is 16.0 Å². The van der Waals surface area contributed by atoms with Crippen LogP contribution in [-0.4, -0.2) is 146 Å². The number of carbonyl (C=O) groups excluding carboxylic acids is 3. The zero-order chi connectivity index (χ0) is 33.4. The molecule has 14 nitrogen and oxygen atoms in total. The fraction of sp³-hybridized carbons (Fsp3) is 0.900. The Morgan fingerprint density at radius 1 is 0.386 bits per heavy atom. The van der Waals surface area contributed by atoms with Crippen molar-refractivity contribution in [3.05, 3.63) is 0 Å². The third-order valence-corrected chi connectivity index (χ3v) is 5.40. The van der Waals surface area contributed by atoms with E-state index >= 15 is 0 Å². The number of carbonyl (C=O) groups is 3. The minimum atomic E-state index is -0.101. The lowest BCUT2D eigenvalue weighted by Crippen LogP contribution is -2.23. The first kappa shape index (κ1) is 46.5. The number of unbranched alkanes of at least 4 members (excludes halogenated alkanes) is 3. The molecule has 0 heterocycles. The highest BCUT2D eigenvalue weighted by Crippen LogP contribution is 1.99. The molecule has 0 aliphatic carbocycles. The molecule has 0 fully saturated rings. The predicted molar refractivity (Wildman–Crippen MR) is 169 cm³/mol. The molecule has 0 aliphatic heterocycles. The molecule has 0 atom stereocenters. The lowest BCUT2D eigenvalue weighted by atomic mass is 10.2. The smallest absolute Gasteiger partial charge is 0.245 e. The van der Waals surface area contributed by atoms with Gasteiger partial charge in [0.25, 0.3) is 0 Å². The Hall–Kier alpha value is -1.91. The molecule has 0 rings (SSSR count). The first-order valence-electron chi connectivity index (χ1n) is 15.4. The van der Waals surface area contributed by atoms with Crippen molar-refractivity contribution in [1.29, 1.82) is 0 Å². The van der Waals surface area contributed by atoms with Crippen LogP contribution < -0.4 is 16.0 Å². The van der Waals surface area contributed by atoms with Gasteiger partial charge in [-0.3, -0.25) is 14.4 Å². The first-order valence-corrected chi connectivity index (χ1v) is 15.4. The Bertz CT molecular complexity index is 569. The largest absolute Gasteiger partial charge is 0.385 e. The summed E-state index contributed by atoms with van der Waals surface area (Å²) in [4.78, 5) is 32.3. The minimum absolute atomic E-state index is 0.0913. The summed E-state index contributed by atoms with van der Waals surface area (Å²) >= 11 is 0. The third-order valence-electron chi connectivity index (χ3n) is 5.40. The zero-order valence-electron chi connectivity index (χ0n) is 28.3. The molecule has 0 aromatic carbocycles. The summed E-state index contributed by atoms with van der Waals surface area (Å²) in [6.45, 7) is 7.57. The molecule has 0 aromatic rings. The number of nitrogens with one attached hydrogen (secondary N) is 3. The number of hydrogen-bond donors (Lipinski definition) is 3. The van der Waals surface area contributed by atoms with Crippen LogP contribution in [-0.2, 0) is 52.3 Å². The van der Waals surface area contributed by atoms with Crippen molar-refractivity contribution in [2.45, 2.75) is 51.4 Å². The average molecular weight is 642 g/mol. The van der Waals surface area contributed by atoms with Gasteiger partial charge >= 0.3 is 0 Å². The highest BCUT2D eigenvalue weighted by molar-refractivity contribution is 5.77. The van der Waals surface area contributed by atoms with E-state index in [0.29, 0.717) is 65.9 Å². The molecule has 0 unspecified atom stereocenters. The second-order valence-electron chi connectivity index (χ2n) is 9.17. The van der Waals surface area contributed by atoms with Crippen molar-refractivity contribution in [1.82, 2.24) is 16.0 Å². The van der Waals surface area contributed by atoms with Gasteiger partial charge in [0.1, 0.15) is 13.2 Å². The van der Waals surface area contributed by atoms with Crippen molar-refractivity contribution in [2.24, 2.45) is 0 Å². The normalized spacial score (nSPS) is 10.2. The first-order chi connectivity index (χ1) is 21.4. The summed E-state index contributed by atoms with van der Waals surface area (Å²) in [6, 6.07) is 0. The minimum Gasteiger partial charge on any atom is -0.385 e. The van der Waals surface area contributed by atoms with Crippen molar-refractivity contribution < 1.29 is 52.3 Å². The van der Waals surface area contributed by atoms with Gasteiger partial charge in [-0.05, 0) is 38.5 Å². The fourth-order valence-electron chi connectivity index (χ4n) is 2.83. The van der Waals surface area contributed by atoms with Gasteiger partial charge < -0.3 is 53.8 Å². The molecule has 0 bridgehead atoms. The van der Waals surface area contributed by atoms with Crippen molar-refractivity contribution in [2.75, 3.05) is 128 Å². The molecule has 0 aromatic heterocycles. The summed E-state index contributed by atoms with van der Waals surface area (Å²) < 4.78 is 40.6. The van der Waals surface area contributed by atoms with Gasteiger partial charge in [-0.15, -0.1) is 0 Å². The average Bonchev–Trinajstić information content (AvgIpc) is 3.04. The topological polar surface area (TPSA) is 161 Å². The SMILES string of the molecule is CNC(=O)CCCCCOCCOC.CNC(=O)COCCCCOCCOC.CNC(=O)COCCCOCCCOC. The predicted octanol–water partition coefficient (Wildman–Crippen LogP) is 1.34. The second-order valence-corrected chi connectivity index (χ2v) is 9.17. The summed E-state index contributed by atoms with van der Waals surface area (Å²) in [6.07, 6.45) is 7.18. The monoisotopic (exact) mass is 641 g/mol. The summed E-state index contributed by atoms with van der Waals surface area (Å²) in [5.41, 5.74) is 0. The van der Waals surface area contributed by atoms with Gasteiger partial charge in [-0.25, -0.2) is 0 Å². The molecule has 3 N–H and O–H groups in total. The summed E-state index contributed by atoms with van der Waals surface area (Å²) in [5.74, 6) is -0.0762. The molecule has 0 spiro atoms. The van der Waals surface area contributed by atoms with Gasteiger partial charge in [-0.2, -0.15) is 0 Å². The van der Waals surface area contributed by atoms with E-state index in [-0.39, 0.29) is 30.9 Å². The number of amides is 3. The Labute approximate surface area is 265 Å². The quantitative estimate of drug-likeness (QED) is 0.101. The Kier molecular flexibility index (Phi) is 45.7. The van der Waals surface area contributed by atoms with E-state index in [4.69, 9.17) is 37.9 Å². The molecule has 14 heteroatoms. The van der Waals surface area contributed by atoms with Crippen LogP contribution in [0.5, 0.6) is 0 Å². The number of hydrogen-bond acceptors (Lipinski definition) is 11. The Balaban J connectivity index is -0.000000574. The maximum Gasteiger partial charge on any atom is 0.245 e. The molecule has 3 amide bonds. The number of rotatable bonds is 29. The number of methoxy groups -OCH3 is 3. The molecule has 0 saturated carbocycles. The van der Waals surface area contributed by atoms with Crippen LogP contribution in [0.25, 0.3) is 0 Å². The van der Waals surface area contributed by atoms with Crippen molar-refractivity contribution in [3.63, 3.8) is 0 Å². The van der Waals surface area contributed by atoms with Crippen molar-refractivity contribution in [3.8, 4) is 0 Å². The zero-order valence-corrected chi connectivity index (χ0v) is 28.3. The lowest BCUT2D eigenvalue weighted by molar-refractivity contribution is -0.126. The highest BCUT2D eigenvalue weighted by Gasteiger charge is 1.98. The molecule has 0 radical (unpaired) electrons. The van der Waals surface area contributed by atoms with Crippen LogP contribution in [0.4, 0.5) is 0 Å². The van der Waals surface area contributed by atoms with E-state index < -0.39 is 0 Å². The van der Waals surface area contributed by atoms with Gasteiger partial charge in [0.05, 0.1) is 26.4 Å². The van der Waals surface area contributed by atoms with Crippen LogP contribution in [0.1, 0.15) is 51.4 Å². The maximum atomic E-state index is 10.8. The summed E-state index contributed by atoms with van der Waals surface area (Å²) in [7, 11) is 9.82. The van der Waals surface area contributed by atoms with E-state index in [0.717, 1.165) is 58.2 Å². The van der Waals surface area contributed by atoms with Crippen LogP contribution in [0, 0.1) is 0 Å². The second kappa shape index (κ2) is 43.2. The Morgan fingerprint density at radius 3 is 1.20 bits per heavy atom. The molecule has 44 heavy (non-hydrogen) atoms. The molecule has 264 valence electrons. The maximum absolute atomic E-state index is 10.8. The van der Waals surface area contributed by atoms with Gasteiger partial charge in [0.15, 0.2) is 0 Å². The van der Waals surface area contributed by atoms with E-state index in [1.165, 1.54) is 0 Å². The van der Waals surface area contributed by atoms with Crippen LogP contribution in [0.3, 0.4) is 0 Å². The molecule has 0 saturated heterocycles. The molecular formula is C30H63N3O11. The summed E-state index contributed by atoms with van der Waals surface area (Å²) in [5, 5.41) is 7.57. The van der Waals surface area contributed by atoms with Gasteiger partial charge in [-0.1, -0.05) is 6.42 Å². The van der Waals surface area contributed by atoms with E-state index in [9.17, 15) is 14.4 Å². The number of ether oxygens (including phenoxy) is 8. The van der Waals surface area contributed by atoms with Crippen LogP contribution >= 0.6 is 0 Å². The third kappa shape index (κ3) is 47.0. The highest BCUT2D eigenvalue weighted by atomic mass is 16.5. The van der Waals surface area contributed by atoms with Crippen LogP contribution in [0.2, 0.25) is 0 Å². The standard InChI is InChI=1S/2C10H21NO4.C10H21NO3/c1-11-10(12)9-15-8-4-7-14-6-3-5-13-2;1-11-10(12)9-15-6-4-3-5-14-8-7-13-2;1-11-10(12)6-4-3-5-7-14-9-8-13-2/h2*3-9H2,1-2H3,(H,11,12);3-9H2,1-2H3,(H,11,12). The lowest BCUT2D eigenvalue weighted by Gasteiger charge is -2.04. The number of likely N-dealkylation sites (N-methyl/N-ethyl adjacent to an activating group) is 2. The van der Waals surface area contributed by atoms with Crippen molar-refractivity contribution >= 4 is 17.7 Å². The Morgan fingerprint density at radius 2 is 0.750 bits per heavy atom. The van der Waals surface area contributed by atoms with E-state index in [1.807, 2.05) is 0 Å².